The molecule has 1 saturated heterocycles. The zero-order valence-corrected chi connectivity index (χ0v) is 14.2. The molecule has 2 aromatic heterocycles. The van der Waals surface area contributed by atoms with E-state index in [1.165, 1.54) is 12.8 Å². The van der Waals surface area contributed by atoms with Gasteiger partial charge < -0.3 is 19.6 Å². The van der Waals surface area contributed by atoms with Gasteiger partial charge in [-0.25, -0.2) is 9.78 Å². The van der Waals surface area contributed by atoms with Crippen LogP contribution in [0.3, 0.4) is 0 Å². The van der Waals surface area contributed by atoms with Gasteiger partial charge in [-0.2, -0.15) is 0 Å². The molecular formula is C17H23N5O2. The van der Waals surface area contributed by atoms with E-state index in [0.29, 0.717) is 13.1 Å². The molecule has 0 atom stereocenters. The lowest BCUT2D eigenvalue weighted by Crippen LogP contribution is -2.36. The van der Waals surface area contributed by atoms with Gasteiger partial charge >= 0.3 is 6.03 Å². The van der Waals surface area contributed by atoms with Crippen LogP contribution in [0, 0.1) is 6.92 Å². The van der Waals surface area contributed by atoms with E-state index in [4.69, 9.17) is 4.52 Å². The molecule has 24 heavy (non-hydrogen) atoms. The Morgan fingerprint density at radius 2 is 2.17 bits per heavy atom. The van der Waals surface area contributed by atoms with Crippen molar-refractivity contribution in [1.82, 2.24) is 20.4 Å². The number of rotatable bonds is 5. The summed E-state index contributed by atoms with van der Waals surface area (Å²) < 4.78 is 5.01. The molecule has 0 aliphatic carbocycles. The third-order valence-corrected chi connectivity index (χ3v) is 4.11. The molecule has 7 nitrogen and oxygen atoms in total. The number of anilines is 1. The molecular weight excluding hydrogens is 306 g/mol. The minimum absolute atomic E-state index is 0.153. The standard InChI is InChI=1S/C17H23N5O2/c1-13-9-15(20-24-13)12-21(2)17(23)19-11-14-5-6-16(18-10-14)22-7-3-4-8-22/h5-6,9-10H,3-4,7-8,11-12H2,1-2H3,(H,19,23). The first-order valence-electron chi connectivity index (χ1n) is 8.23. The second kappa shape index (κ2) is 7.33. The van der Waals surface area contributed by atoms with Gasteiger partial charge in [-0.1, -0.05) is 11.2 Å². The van der Waals surface area contributed by atoms with Gasteiger partial charge in [-0.3, -0.25) is 0 Å². The number of hydrogen-bond donors (Lipinski definition) is 1. The lowest BCUT2D eigenvalue weighted by Gasteiger charge is -2.18. The minimum Gasteiger partial charge on any atom is -0.361 e. The second-order valence-electron chi connectivity index (χ2n) is 6.16. The van der Waals surface area contributed by atoms with Crippen LogP contribution in [0.1, 0.15) is 29.9 Å². The molecule has 1 N–H and O–H groups in total. The van der Waals surface area contributed by atoms with E-state index in [0.717, 1.165) is 35.9 Å². The van der Waals surface area contributed by atoms with Gasteiger partial charge in [0.1, 0.15) is 17.3 Å². The quantitative estimate of drug-likeness (QED) is 0.911. The normalized spacial score (nSPS) is 14.0. The molecule has 0 saturated carbocycles. The Balaban J connectivity index is 1.48. The van der Waals surface area contributed by atoms with Crippen LogP contribution in [-0.4, -0.2) is 41.2 Å². The van der Waals surface area contributed by atoms with Crippen LogP contribution in [-0.2, 0) is 13.1 Å². The monoisotopic (exact) mass is 329 g/mol. The molecule has 0 bridgehead atoms. The van der Waals surface area contributed by atoms with Gasteiger partial charge in [-0.05, 0) is 31.4 Å². The smallest absolute Gasteiger partial charge is 0.317 e. The predicted molar refractivity (Wildman–Crippen MR) is 90.6 cm³/mol. The summed E-state index contributed by atoms with van der Waals surface area (Å²) in [7, 11) is 1.73. The Hall–Kier alpha value is -2.57. The van der Waals surface area contributed by atoms with Crippen molar-refractivity contribution in [3.8, 4) is 0 Å². The summed E-state index contributed by atoms with van der Waals surface area (Å²) in [4.78, 5) is 20.5. The van der Waals surface area contributed by atoms with E-state index in [9.17, 15) is 4.79 Å². The highest BCUT2D eigenvalue weighted by Gasteiger charge is 2.14. The van der Waals surface area contributed by atoms with Gasteiger partial charge in [0.25, 0.3) is 0 Å². The van der Waals surface area contributed by atoms with Crippen LogP contribution >= 0.6 is 0 Å². The summed E-state index contributed by atoms with van der Waals surface area (Å²) in [6, 6.07) is 5.71. The number of nitrogens with one attached hydrogen (secondary N) is 1. The largest absolute Gasteiger partial charge is 0.361 e. The number of nitrogens with zero attached hydrogens (tertiary/aromatic N) is 4. The maximum atomic E-state index is 12.1. The molecule has 3 rings (SSSR count). The van der Waals surface area contributed by atoms with E-state index >= 15 is 0 Å². The van der Waals surface area contributed by atoms with Crippen LogP contribution in [0.5, 0.6) is 0 Å². The van der Waals surface area contributed by atoms with Crippen LogP contribution in [0.15, 0.2) is 28.9 Å². The highest BCUT2D eigenvalue weighted by atomic mass is 16.5. The third kappa shape index (κ3) is 4.04. The summed E-state index contributed by atoms with van der Waals surface area (Å²) >= 11 is 0. The van der Waals surface area contributed by atoms with E-state index in [2.05, 4.69) is 20.4 Å². The fourth-order valence-electron chi connectivity index (χ4n) is 2.77. The number of carbonyl (C=O) groups is 1. The number of urea groups is 1. The first-order chi connectivity index (χ1) is 11.6. The van der Waals surface area contributed by atoms with Crippen molar-refractivity contribution in [1.29, 1.82) is 0 Å². The van der Waals surface area contributed by atoms with Crippen LogP contribution < -0.4 is 10.2 Å². The van der Waals surface area contributed by atoms with Crippen molar-refractivity contribution in [2.24, 2.45) is 0 Å². The summed E-state index contributed by atoms with van der Waals surface area (Å²) in [6.45, 7) is 4.85. The van der Waals surface area contributed by atoms with Crippen molar-refractivity contribution in [2.45, 2.75) is 32.9 Å². The summed E-state index contributed by atoms with van der Waals surface area (Å²) in [6.07, 6.45) is 4.29. The number of aromatic nitrogens is 2. The molecule has 1 aliphatic rings. The third-order valence-electron chi connectivity index (χ3n) is 4.11. The number of hydrogen-bond acceptors (Lipinski definition) is 5. The van der Waals surface area contributed by atoms with Crippen LogP contribution in [0.4, 0.5) is 10.6 Å². The van der Waals surface area contributed by atoms with Gasteiger partial charge in [0.2, 0.25) is 0 Å². The highest BCUT2D eigenvalue weighted by Crippen LogP contribution is 2.17. The lowest BCUT2D eigenvalue weighted by atomic mass is 10.3. The maximum absolute atomic E-state index is 12.1. The summed E-state index contributed by atoms with van der Waals surface area (Å²) in [5.74, 6) is 1.75. The molecule has 1 fully saturated rings. The fourth-order valence-corrected chi connectivity index (χ4v) is 2.77. The van der Waals surface area contributed by atoms with E-state index in [-0.39, 0.29) is 6.03 Å². The number of aryl methyl sites for hydroxylation is 1. The second-order valence-corrected chi connectivity index (χ2v) is 6.16. The molecule has 2 amide bonds. The highest BCUT2D eigenvalue weighted by molar-refractivity contribution is 5.73. The first kappa shape index (κ1) is 16.3. The Labute approximate surface area is 141 Å². The molecule has 3 heterocycles. The van der Waals surface area contributed by atoms with Crippen molar-refractivity contribution in [3.05, 3.63) is 41.4 Å². The molecule has 0 radical (unpaired) electrons. The number of pyridine rings is 1. The Kier molecular flexibility index (Phi) is 4.98. The Bertz CT molecular complexity index is 677. The topological polar surface area (TPSA) is 74.5 Å². The summed E-state index contributed by atoms with van der Waals surface area (Å²) in [5, 5.41) is 6.78. The zero-order valence-electron chi connectivity index (χ0n) is 14.2. The minimum atomic E-state index is -0.153. The number of amides is 2. The molecule has 0 aromatic carbocycles. The van der Waals surface area contributed by atoms with Crippen molar-refractivity contribution < 1.29 is 9.32 Å². The molecule has 0 spiro atoms. The Morgan fingerprint density at radius 1 is 1.38 bits per heavy atom. The van der Waals surface area contributed by atoms with Gasteiger partial charge in [0.15, 0.2) is 0 Å². The average molecular weight is 329 g/mol. The average Bonchev–Trinajstić information content (AvgIpc) is 3.25. The fraction of sp³-hybridized carbons (Fsp3) is 0.471. The number of carbonyl (C=O) groups excluding carboxylic acids is 1. The van der Waals surface area contributed by atoms with Gasteiger partial charge in [-0.15, -0.1) is 0 Å². The molecule has 2 aromatic rings. The summed E-state index contributed by atoms with van der Waals surface area (Å²) in [5.41, 5.74) is 1.72. The molecule has 1 aliphatic heterocycles. The van der Waals surface area contributed by atoms with E-state index in [1.54, 1.807) is 11.9 Å². The first-order valence-corrected chi connectivity index (χ1v) is 8.23. The Morgan fingerprint density at radius 3 is 2.79 bits per heavy atom. The van der Waals surface area contributed by atoms with E-state index < -0.39 is 0 Å². The molecule has 7 heteroatoms. The van der Waals surface area contributed by atoms with Crippen molar-refractivity contribution in [2.75, 3.05) is 25.0 Å². The zero-order chi connectivity index (χ0) is 16.9. The van der Waals surface area contributed by atoms with Crippen LogP contribution in [0.25, 0.3) is 0 Å². The molecule has 0 unspecified atom stereocenters. The predicted octanol–water partition coefficient (Wildman–Crippen LogP) is 2.32. The van der Waals surface area contributed by atoms with Crippen molar-refractivity contribution in [3.63, 3.8) is 0 Å². The van der Waals surface area contributed by atoms with Gasteiger partial charge in [0, 0.05) is 38.9 Å². The maximum Gasteiger partial charge on any atom is 0.317 e. The lowest BCUT2D eigenvalue weighted by molar-refractivity contribution is 0.205. The van der Waals surface area contributed by atoms with Gasteiger partial charge in [0.05, 0.1) is 6.54 Å². The molecule has 128 valence electrons. The van der Waals surface area contributed by atoms with Crippen LogP contribution in [0.2, 0.25) is 0 Å². The van der Waals surface area contributed by atoms with E-state index in [1.807, 2.05) is 31.3 Å². The van der Waals surface area contributed by atoms with Crippen molar-refractivity contribution >= 4 is 11.8 Å². The SMILES string of the molecule is Cc1cc(CN(C)C(=O)NCc2ccc(N3CCCC3)nc2)no1.